The lowest BCUT2D eigenvalue weighted by molar-refractivity contribution is -0.127. The topological polar surface area (TPSA) is 68.5 Å². The van der Waals surface area contributed by atoms with Crippen LogP contribution in [-0.2, 0) is 11.4 Å². The molecule has 8 heteroatoms. The zero-order valence-corrected chi connectivity index (χ0v) is 15.5. The minimum Gasteiger partial charge on any atom is -0.484 e. The highest BCUT2D eigenvalue weighted by Crippen LogP contribution is 2.22. The van der Waals surface area contributed by atoms with Crippen molar-refractivity contribution >= 4 is 29.3 Å². The molecule has 0 bridgehead atoms. The fourth-order valence-electron chi connectivity index (χ4n) is 2.00. The summed E-state index contributed by atoms with van der Waals surface area (Å²) in [4.78, 5) is 13.7. The minimum atomic E-state index is 0.0534. The van der Waals surface area contributed by atoms with Gasteiger partial charge in [-0.1, -0.05) is 23.4 Å². The number of hydrogen-bond donors (Lipinski definition) is 0. The molecule has 130 valence electrons. The maximum absolute atomic E-state index is 11.9. The fourth-order valence-corrected chi connectivity index (χ4v) is 2.80. The molecule has 0 saturated heterocycles. The van der Waals surface area contributed by atoms with Crippen LogP contribution in [-0.4, -0.2) is 39.8 Å². The lowest BCUT2D eigenvalue weighted by atomic mass is 10.2. The summed E-state index contributed by atoms with van der Waals surface area (Å²) in [6, 6.07) is 5.40. The van der Waals surface area contributed by atoms with Gasteiger partial charge in [0.1, 0.15) is 5.75 Å². The predicted molar refractivity (Wildman–Crippen MR) is 93.5 cm³/mol. The number of aryl methyl sites for hydroxylation is 1. The first kappa shape index (κ1) is 18.6. The molecule has 0 unspecified atom stereocenters. The van der Waals surface area contributed by atoms with Crippen LogP contribution in [0.1, 0.15) is 25.3 Å². The van der Waals surface area contributed by atoms with Crippen molar-refractivity contribution < 1.29 is 13.9 Å². The van der Waals surface area contributed by atoms with Gasteiger partial charge in [-0.3, -0.25) is 4.79 Å². The molecule has 0 spiro atoms. The quantitative estimate of drug-likeness (QED) is 0.662. The van der Waals surface area contributed by atoms with E-state index in [-0.39, 0.29) is 18.3 Å². The summed E-state index contributed by atoms with van der Waals surface area (Å²) in [5, 5.41) is 8.89. The Hall–Kier alpha value is -1.73. The van der Waals surface area contributed by atoms with Gasteiger partial charge in [0.25, 0.3) is 11.1 Å². The maximum Gasteiger partial charge on any atom is 0.277 e. The normalized spacial score (nSPS) is 10.7. The molecule has 0 aliphatic heterocycles. The molecule has 2 aromatic rings. The molecule has 1 heterocycles. The number of halogens is 1. The molecule has 0 aliphatic rings. The van der Waals surface area contributed by atoms with Crippen LogP contribution in [0.3, 0.4) is 0 Å². The molecule has 2 rings (SSSR count). The number of aromatic nitrogens is 2. The number of ether oxygens (including phenoxy) is 1. The Morgan fingerprint density at radius 2 is 2.08 bits per heavy atom. The highest BCUT2D eigenvalue weighted by molar-refractivity contribution is 7.99. The van der Waals surface area contributed by atoms with Crippen molar-refractivity contribution in [2.75, 3.05) is 18.8 Å². The highest BCUT2D eigenvalue weighted by Gasteiger charge is 2.13. The largest absolute Gasteiger partial charge is 0.484 e. The van der Waals surface area contributed by atoms with E-state index in [1.165, 1.54) is 11.8 Å². The van der Waals surface area contributed by atoms with Gasteiger partial charge in [-0.2, -0.15) is 0 Å². The number of benzene rings is 1. The molecule has 24 heavy (non-hydrogen) atoms. The van der Waals surface area contributed by atoms with E-state index in [1.54, 1.807) is 17.0 Å². The Balaban J connectivity index is 1.84. The van der Waals surface area contributed by atoms with Crippen LogP contribution in [0.2, 0.25) is 5.02 Å². The van der Waals surface area contributed by atoms with Crippen molar-refractivity contribution in [3.63, 3.8) is 0 Å². The van der Waals surface area contributed by atoms with Gasteiger partial charge >= 0.3 is 0 Å². The number of rotatable bonds is 8. The summed E-state index contributed by atoms with van der Waals surface area (Å²) in [6.45, 7) is 7.36. The van der Waals surface area contributed by atoms with Gasteiger partial charge in [0.2, 0.25) is 5.91 Å². The fraction of sp³-hybridized carbons (Fsp3) is 0.438. The third-order valence-electron chi connectivity index (χ3n) is 3.38. The zero-order chi connectivity index (χ0) is 17.5. The first-order valence-electron chi connectivity index (χ1n) is 7.65. The van der Waals surface area contributed by atoms with Crippen molar-refractivity contribution in [3.8, 4) is 5.75 Å². The third-order valence-corrected chi connectivity index (χ3v) is 4.60. The first-order valence-corrected chi connectivity index (χ1v) is 9.01. The van der Waals surface area contributed by atoms with Crippen LogP contribution >= 0.6 is 23.4 Å². The van der Waals surface area contributed by atoms with Crippen LogP contribution < -0.4 is 4.74 Å². The monoisotopic (exact) mass is 369 g/mol. The SMILES string of the molecule is CCN(CC)C(=O)CSc1nnc(COc2ccc(Cl)c(C)c2)o1. The Labute approximate surface area is 150 Å². The van der Waals surface area contributed by atoms with E-state index in [0.717, 1.165) is 5.56 Å². The van der Waals surface area contributed by atoms with Crippen LogP contribution in [0.5, 0.6) is 5.75 Å². The van der Waals surface area contributed by atoms with E-state index in [9.17, 15) is 4.79 Å². The number of nitrogens with zero attached hydrogens (tertiary/aromatic N) is 3. The van der Waals surface area contributed by atoms with E-state index >= 15 is 0 Å². The van der Waals surface area contributed by atoms with Gasteiger partial charge in [0, 0.05) is 18.1 Å². The van der Waals surface area contributed by atoms with Gasteiger partial charge in [-0.15, -0.1) is 10.2 Å². The zero-order valence-electron chi connectivity index (χ0n) is 13.9. The van der Waals surface area contributed by atoms with Gasteiger partial charge in [-0.25, -0.2) is 0 Å². The Bertz CT molecular complexity index is 689. The lowest BCUT2D eigenvalue weighted by Gasteiger charge is -2.17. The lowest BCUT2D eigenvalue weighted by Crippen LogP contribution is -2.31. The van der Waals surface area contributed by atoms with Crippen molar-refractivity contribution in [2.45, 2.75) is 32.6 Å². The van der Waals surface area contributed by atoms with Crippen LogP contribution in [0, 0.1) is 6.92 Å². The second kappa shape index (κ2) is 8.94. The second-order valence-corrected chi connectivity index (χ2v) is 6.35. The average Bonchev–Trinajstić information content (AvgIpc) is 3.03. The highest BCUT2D eigenvalue weighted by atomic mass is 35.5. The summed E-state index contributed by atoms with van der Waals surface area (Å²) >= 11 is 7.20. The minimum absolute atomic E-state index is 0.0534. The second-order valence-electron chi connectivity index (χ2n) is 5.02. The van der Waals surface area contributed by atoms with Crippen molar-refractivity contribution in [3.05, 3.63) is 34.7 Å². The molecule has 1 aromatic carbocycles. The molecule has 0 N–H and O–H groups in total. The van der Waals surface area contributed by atoms with Gasteiger partial charge in [0.15, 0.2) is 6.61 Å². The van der Waals surface area contributed by atoms with E-state index in [1.807, 2.05) is 26.8 Å². The van der Waals surface area contributed by atoms with E-state index < -0.39 is 0 Å². The van der Waals surface area contributed by atoms with Crippen molar-refractivity contribution in [1.82, 2.24) is 15.1 Å². The van der Waals surface area contributed by atoms with E-state index in [0.29, 0.717) is 35.0 Å². The standard InChI is InChI=1S/C16H20ClN3O3S/c1-4-20(5-2)15(21)10-24-16-19-18-14(23-16)9-22-12-6-7-13(17)11(3)8-12/h6-8H,4-5,9-10H2,1-3H3. The van der Waals surface area contributed by atoms with Crippen LogP contribution in [0.15, 0.2) is 27.8 Å². The molecule has 1 amide bonds. The number of carbonyl (C=O) groups is 1. The van der Waals surface area contributed by atoms with E-state index in [2.05, 4.69) is 10.2 Å². The Morgan fingerprint density at radius 1 is 1.33 bits per heavy atom. The maximum atomic E-state index is 11.9. The van der Waals surface area contributed by atoms with Gasteiger partial charge < -0.3 is 14.1 Å². The number of thioether (sulfide) groups is 1. The molecular weight excluding hydrogens is 350 g/mol. The molecular formula is C16H20ClN3O3S. The molecule has 0 fully saturated rings. The summed E-state index contributed by atoms with van der Waals surface area (Å²) in [5.41, 5.74) is 0.936. The van der Waals surface area contributed by atoms with Crippen LogP contribution in [0.4, 0.5) is 0 Å². The molecule has 0 atom stereocenters. The van der Waals surface area contributed by atoms with Crippen LogP contribution in [0.25, 0.3) is 0 Å². The first-order chi connectivity index (χ1) is 11.5. The predicted octanol–water partition coefficient (Wildman–Crippen LogP) is 3.57. The van der Waals surface area contributed by atoms with Crippen molar-refractivity contribution in [2.24, 2.45) is 0 Å². The number of carbonyl (C=O) groups excluding carboxylic acids is 1. The molecule has 1 aromatic heterocycles. The van der Waals surface area contributed by atoms with Gasteiger partial charge in [0.05, 0.1) is 5.75 Å². The van der Waals surface area contributed by atoms with Gasteiger partial charge in [-0.05, 0) is 44.5 Å². The number of hydrogen-bond acceptors (Lipinski definition) is 6. The summed E-state index contributed by atoms with van der Waals surface area (Å²) in [6.07, 6.45) is 0. The molecule has 6 nitrogen and oxygen atoms in total. The number of amides is 1. The summed E-state index contributed by atoms with van der Waals surface area (Å²) in [5.74, 6) is 1.37. The van der Waals surface area contributed by atoms with E-state index in [4.69, 9.17) is 20.8 Å². The molecule has 0 radical (unpaired) electrons. The summed E-state index contributed by atoms with van der Waals surface area (Å²) in [7, 11) is 0. The summed E-state index contributed by atoms with van der Waals surface area (Å²) < 4.78 is 11.1. The van der Waals surface area contributed by atoms with Crippen molar-refractivity contribution in [1.29, 1.82) is 0 Å². The molecule has 0 aliphatic carbocycles. The smallest absolute Gasteiger partial charge is 0.277 e. The molecule has 0 saturated carbocycles. The Kier molecular flexibility index (Phi) is 6.93. The average molecular weight is 370 g/mol. The third kappa shape index (κ3) is 5.14. The Morgan fingerprint density at radius 3 is 2.75 bits per heavy atom.